The number of methoxy groups -OCH3 is 1. The van der Waals surface area contributed by atoms with E-state index >= 15 is 0 Å². The number of hydrogen-bond donors (Lipinski definition) is 2. The van der Waals surface area contributed by atoms with E-state index in [9.17, 15) is 18.0 Å². The Morgan fingerprint density at radius 1 is 1.00 bits per heavy atom. The number of aromatic nitrogens is 1. The van der Waals surface area contributed by atoms with Gasteiger partial charge in [-0.1, -0.05) is 23.2 Å². The molecule has 0 aliphatic carbocycles. The van der Waals surface area contributed by atoms with Gasteiger partial charge in [0.2, 0.25) is 10.0 Å². The Morgan fingerprint density at radius 3 is 2.51 bits per heavy atom. The molecule has 0 unspecified atom stereocenters. The maximum atomic E-state index is 12.6. The fourth-order valence-electron chi connectivity index (χ4n) is 3.02. The van der Waals surface area contributed by atoms with Crippen molar-refractivity contribution in [3.8, 4) is 5.75 Å². The van der Waals surface area contributed by atoms with E-state index in [0.717, 1.165) is 0 Å². The third-order valence-corrected chi connectivity index (χ3v) is 6.79. The molecule has 37 heavy (non-hydrogen) atoms. The van der Waals surface area contributed by atoms with Crippen LogP contribution in [-0.2, 0) is 19.5 Å². The molecule has 0 saturated heterocycles. The van der Waals surface area contributed by atoms with Gasteiger partial charge in [-0.3, -0.25) is 9.78 Å². The van der Waals surface area contributed by atoms with Crippen LogP contribution in [-0.4, -0.2) is 58.8 Å². The van der Waals surface area contributed by atoms with Crippen LogP contribution in [0.5, 0.6) is 5.75 Å². The molecule has 0 aliphatic heterocycles. The van der Waals surface area contributed by atoms with E-state index in [2.05, 4.69) is 15.0 Å². The Hall–Kier alpha value is -3.22. The third-order valence-electron chi connectivity index (χ3n) is 4.80. The van der Waals surface area contributed by atoms with Crippen LogP contribution in [0.2, 0.25) is 10.0 Å². The number of benzene rings is 2. The number of halogens is 2. The molecular weight excluding hydrogens is 545 g/mol. The van der Waals surface area contributed by atoms with E-state index in [1.807, 2.05) is 0 Å². The monoisotopic (exact) mass is 567 g/mol. The largest absolute Gasteiger partial charge is 0.491 e. The van der Waals surface area contributed by atoms with Crippen molar-refractivity contribution >= 4 is 50.8 Å². The Bertz CT molecular complexity index is 1360. The number of nitrogens with zero attached hydrogens (tertiary/aromatic N) is 1. The van der Waals surface area contributed by atoms with Gasteiger partial charge in [-0.2, -0.15) is 0 Å². The number of anilines is 1. The first kappa shape index (κ1) is 28.4. The van der Waals surface area contributed by atoms with Gasteiger partial charge in [0.15, 0.2) is 0 Å². The van der Waals surface area contributed by atoms with Gasteiger partial charge in [0.05, 0.1) is 42.2 Å². The number of esters is 1. The highest BCUT2D eigenvalue weighted by molar-refractivity contribution is 7.89. The number of sulfonamides is 1. The molecule has 3 aromatic rings. The predicted octanol–water partition coefficient (Wildman–Crippen LogP) is 3.80. The maximum Gasteiger partial charge on any atom is 0.340 e. The number of ether oxygens (including phenoxy) is 3. The van der Waals surface area contributed by atoms with Gasteiger partial charge in [0, 0.05) is 24.0 Å². The lowest BCUT2D eigenvalue weighted by Crippen LogP contribution is -2.28. The zero-order valence-electron chi connectivity index (χ0n) is 19.6. The first-order valence-electron chi connectivity index (χ1n) is 10.8. The quantitative estimate of drug-likeness (QED) is 0.249. The van der Waals surface area contributed by atoms with Crippen molar-refractivity contribution in [1.82, 2.24) is 9.71 Å². The van der Waals surface area contributed by atoms with Crippen LogP contribution in [0, 0.1) is 0 Å². The Morgan fingerprint density at radius 2 is 1.81 bits per heavy atom. The van der Waals surface area contributed by atoms with Gasteiger partial charge in [0.25, 0.3) is 5.91 Å². The Kier molecular flexibility index (Phi) is 10.2. The molecule has 13 heteroatoms. The minimum atomic E-state index is -3.66. The normalized spacial score (nSPS) is 11.1. The second kappa shape index (κ2) is 13.4. The lowest BCUT2D eigenvalue weighted by atomic mass is 10.1. The van der Waals surface area contributed by atoms with Gasteiger partial charge >= 0.3 is 5.97 Å². The lowest BCUT2D eigenvalue weighted by Gasteiger charge is -2.13. The lowest BCUT2D eigenvalue weighted by molar-refractivity contribution is 0.0601. The van der Waals surface area contributed by atoms with Crippen molar-refractivity contribution < 1.29 is 32.2 Å². The molecule has 0 atom stereocenters. The molecule has 0 saturated carbocycles. The number of carbonyl (C=O) groups is 2. The second-order valence-electron chi connectivity index (χ2n) is 7.32. The summed E-state index contributed by atoms with van der Waals surface area (Å²) >= 11 is 12.0. The highest BCUT2D eigenvalue weighted by atomic mass is 35.5. The highest BCUT2D eigenvalue weighted by Crippen LogP contribution is 2.26. The maximum absolute atomic E-state index is 12.6. The van der Waals surface area contributed by atoms with Gasteiger partial charge in [-0.05, 0) is 48.5 Å². The van der Waals surface area contributed by atoms with Crippen molar-refractivity contribution in [3.63, 3.8) is 0 Å². The first-order chi connectivity index (χ1) is 17.7. The van der Waals surface area contributed by atoms with Gasteiger partial charge in [-0.15, -0.1) is 0 Å². The Labute approximate surface area is 223 Å². The average molecular weight is 568 g/mol. The van der Waals surface area contributed by atoms with Crippen LogP contribution in [0.1, 0.15) is 20.7 Å². The molecule has 1 heterocycles. The number of pyridine rings is 1. The topological polar surface area (TPSA) is 133 Å². The van der Waals surface area contributed by atoms with E-state index in [0.29, 0.717) is 10.8 Å². The van der Waals surface area contributed by atoms with Crippen LogP contribution < -0.4 is 14.8 Å². The molecule has 10 nitrogen and oxygen atoms in total. The van der Waals surface area contributed by atoms with Crippen molar-refractivity contribution in [1.29, 1.82) is 0 Å². The van der Waals surface area contributed by atoms with E-state index < -0.39 is 21.9 Å². The molecule has 2 aromatic carbocycles. The van der Waals surface area contributed by atoms with Crippen molar-refractivity contribution in [2.75, 3.05) is 38.8 Å². The van der Waals surface area contributed by atoms with Gasteiger partial charge in [0.1, 0.15) is 17.3 Å². The minimum absolute atomic E-state index is 0.0652. The first-order valence-corrected chi connectivity index (χ1v) is 13.0. The van der Waals surface area contributed by atoms with E-state index in [4.69, 9.17) is 37.4 Å². The van der Waals surface area contributed by atoms with E-state index in [-0.39, 0.29) is 53.1 Å². The fraction of sp³-hybridized carbons (Fsp3) is 0.208. The smallest absolute Gasteiger partial charge is 0.340 e. The van der Waals surface area contributed by atoms with Crippen LogP contribution in [0.25, 0.3) is 0 Å². The highest BCUT2D eigenvalue weighted by Gasteiger charge is 2.18. The zero-order valence-corrected chi connectivity index (χ0v) is 21.9. The molecule has 0 aliphatic rings. The molecule has 1 amide bonds. The van der Waals surface area contributed by atoms with Crippen LogP contribution in [0.3, 0.4) is 0 Å². The zero-order chi connectivity index (χ0) is 26.8. The number of carbonyl (C=O) groups excluding carboxylic acids is 2. The summed E-state index contributed by atoms with van der Waals surface area (Å²) in [6.07, 6.45) is 2.74. The summed E-state index contributed by atoms with van der Waals surface area (Å²) < 4.78 is 42.5. The number of hydrogen-bond acceptors (Lipinski definition) is 8. The number of nitrogens with one attached hydrogen (secondary N) is 2. The van der Waals surface area contributed by atoms with Crippen molar-refractivity contribution in [2.24, 2.45) is 0 Å². The number of rotatable bonds is 12. The molecule has 0 fully saturated rings. The predicted molar refractivity (Wildman–Crippen MR) is 138 cm³/mol. The molecule has 3 rings (SSSR count). The van der Waals surface area contributed by atoms with Crippen LogP contribution >= 0.6 is 23.2 Å². The summed E-state index contributed by atoms with van der Waals surface area (Å²) in [4.78, 5) is 28.8. The summed E-state index contributed by atoms with van der Waals surface area (Å²) in [6, 6.07) is 11.9. The summed E-state index contributed by atoms with van der Waals surface area (Å²) in [5.74, 6) is -0.878. The SMILES string of the molecule is COC(=O)c1cc(OCCOCCNS(=O)(=O)c2cccnc2)ccc1NC(=O)c1ccc(Cl)cc1Cl. The third kappa shape index (κ3) is 8.14. The van der Waals surface area contributed by atoms with Gasteiger partial charge < -0.3 is 19.5 Å². The Balaban J connectivity index is 1.51. The van der Waals surface area contributed by atoms with E-state index in [1.54, 1.807) is 6.07 Å². The molecule has 0 spiro atoms. The number of amides is 1. The molecule has 2 N–H and O–H groups in total. The summed E-state index contributed by atoms with van der Waals surface area (Å²) in [5, 5.41) is 3.18. The van der Waals surface area contributed by atoms with Crippen LogP contribution in [0.4, 0.5) is 5.69 Å². The van der Waals surface area contributed by atoms with Crippen LogP contribution in [0.15, 0.2) is 65.8 Å². The molecule has 196 valence electrons. The summed E-state index contributed by atoms with van der Waals surface area (Å²) in [6.45, 7) is 0.474. The summed E-state index contributed by atoms with van der Waals surface area (Å²) in [5.41, 5.74) is 0.457. The van der Waals surface area contributed by atoms with Gasteiger partial charge in [-0.25, -0.2) is 17.9 Å². The molecule has 0 radical (unpaired) electrons. The standard InChI is InChI=1S/C24H23Cl2N3O7S/c1-34-24(31)20-14-17(5-7-22(20)29-23(30)19-6-4-16(25)13-21(19)26)36-12-11-35-10-9-28-37(32,33)18-3-2-8-27-15-18/h2-8,13-15,28H,9-12H2,1H3,(H,29,30). The average Bonchev–Trinajstić information content (AvgIpc) is 2.88. The molecule has 0 bridgehead atoms. The summed E-state index contributed by atoms with van der Waals surface area (Å²) in [7, 11) is -2.44. The molecule has 1 aromatic heterocycles. The van der Waals surface area contributed by atoms with Crippen molar-refractivity contribution in [3.05, 3.63) is 82.1 Å². The fourth-order valence-corrected chi connectivity index (χ4v) is 4.49. The second-order valence-corrected chi connectivity index (χ2v) is 9.94. The minimum Gasteiger partial charge on any atom is -0.491 e. The van der Waals surface area contributed by atoms with E-state index in [1.165, 1.54) is 62.0 Å². The molecular formula is C24H23Cl2N3O7S. The van der Waals surface area contributed by atoms with Crippen molar-refractivity contribution in [2.45, 2.75) is 4.90 Å².